The molecule has 0 amide bonds. The Kier molecular flexibility index (Phi) is 7.14. The average molecular weight is 334 g/mol. The first-order valence-corrected chi connectivity index (χ1v) is 8.67. The van der Waals surface area contributed by atoms with Crippen LogP contribution < -0.4 is 4.72 Å². The lowest BCUT2D eigenvalue weighted by Gasteiger charge is -2.15. The minimum Gasteiger partial charge on any atom is -0.469 e. The van der Waals surface area contributed by atoms with Gasteiger partial charge >= 0.3 is 5.97 Å². The lowest BCUT2D eigenvalue weighted by atomic mass is 10.1. The zero-order valence-electron chi connectivity index (χ0n) is 12.1. The summed E-state index contributed by atoms with van der Waals surface area (Å²) in [6.45, 7) is 1.78. The molecule has 0 fully saturated rings. The van der Waals surface area contributed by atoms with E-state index in [2.05, 4.69) is 9.46 Å². The smallest absolute Gasteiger partial charge is 0.305 e. The molecule has 0 saturated heterocycles. The molecule has 0 aliphatic carbocycles. The molecule has 0 bridgehead atoms. The molecule has 0 heterocycles. The fourth-order valence-corrected chi connectivity index (χ4v) is 3.46. The van der Waals surface area contributed by atoms with Gasteiger partial charge in [0.25, 0.3) is 0 Å². The number of esters is 1. The summed E-state index contributed by atoms with van der Waals surface area (Å²) < 4.78 is 30.8. The molecule has 1 N–H and O–H groups in total. The van der Waals surface area contributed by atoms with Crippen LogP contribution in [0.25, 0.3) is 0 Å². The van der Waals surface area contributed by atoms with Crippen LogP contribution in [0.4, 0.5) is 0 Å². The molecule has 7 heteroatoms. The van der Waals surface area contributed by atoms with Gasteiger partial charge in [-0.15, -0.1) is 0 Å². The van der Waals surface area contributed by atoms with Crippen LogP contribution in [0.15, 0.2) is 24.3 Å². The second-order valence-corrected chi connectivity index (χ2v) is 7.09. The second-order valence-electron chi connectivity index (χ2n) is 4.81. The molecule has 1 atom stereocenters. The molecule has 0 aliphatic rings. The lowest BCUT2D eigenvalue weighted by molar-refractivity contribution is -0.140. The quantitative estimate of drug-likeness (QED) is 0.740. The maximum Gasteiger partial charge on any atom is 0.305 e. The first-order valence-electron chi connectivity index (χ1n) is 6.64. The third-order valence-electron chi connectivity index (χ3n) is 2.89. The zero-order chi connectivity index (χ0) is 15.9. The summed E-state index contributed by atoms with van der Waals surface area (Å²) >= 11 is 6.05. The summed E-state index contributed by atoms with van der Waals surface area (Å²) in [7, 11) is -2.14. The highest BCUT2D eigenvalue weighted by molar-refractivity contribution is 7.89. The van der Waals surface area contributed by atoms with E-state index >= 15 is 0 Å². The molecule has 0 aliphatic heterocycles. The number of nitrogens with one attached hydrogen (secondary N) is 1. The molecule has 1 aromatic rings. The topological polar surface area (TPSA) is 72.5 Å². The summed E-state index contributed by atoms with van der Waals surface area (Å²) in [5.41, 5.74) is 0.893. The van der Waals surface area contributed by atoms with E-state index < -0.39 is 16.0 Å². The number of sulfonamides is 1. The van der Waals surface area contributed by atoms with E-state index in [1.807, 2.05) is 18.2 Å². The van der Waals surface area contributed by atoms with Crippen molar-refractivity contribution in [2.75, 3.05) is 12.9 Å². The monoisotopic (exact) mass is 333 g/mol. The molecule has 0 saturated carbocycles. The maximum absolute atomic E-state index is 11.9. The Morgan fingerprint density at radius 2 is 2.05 bits per heavy atom. The number of hydrogen-bond acceptors (Lipinski definition) is 4. The number of carbonyl (C=O) groups is 1. The molecule has 0 aromatic heterocycles. The Labute approximate surface area is 130 Å². The van der Waals surface area contributed by atoms with Crippen molar-refractivity contribution < 1.29 is 17.9 Å². The predicted octanol–water partition coefficient (Wildman–Crippen LogP) is 2.14. The van der Waals surface area contributed by atoms with E-state index in [0.717, 1.165) is 5.56 Å². The highest BCUT2D eigenvalue weighted by Crippen LogP contribution is 2.16. The van der Waals surface area contributed by atoms with Gasteiger partial charge in [-0.2, -0.15) is 0 Å². The number of halogens is 1. The number of rotatable bonds is 8. The van der Waals surface area contributed by atoms with Gasteiger partial charge in [0.2, 0.25) is 10.0 Å². The van der Waals surface area contributed by atoms with Crippen LogP contribution in [0.1, 0.15) is 25.3 Å². The zero-order valence-corrected chi connectivity index (χ0v) is 13.7. The summed E-state index contributed by atoms with van der Waals surface area (Å²) in [5.74, 6) is -0.510. The highest BCUT2D eigenvalue weighted by Gasteiger charge is 2.16. The van der Waals surface area contributed by atoms with Crippen molar-refractivity contribution >= 4 is 27.6 Å². The first-order chi connectivity index (χ1) is 9.84. The van der Waals surface area contributed by atoms with Gasteiger partial charge < -0.3 is 4.74 Å². The maximum atomic E-state index is 11.9. The van der Waals surface area contributed by atoms with Crippen molar-refractivity contribution in [3.8, 4) is 0 Å². The summed E-state index contributed by atoms with van der Waals surface area (Å²) in [6.07, 6.45) is 0.840. The van der Waals surface area contributed by atoms with Crippen molar-refractivity contribution in [2.24, 2.45) is 0 Å². The highest BCUT2D eigenvalue weighted by atomic mass is 35.5. The Morgan fingerprint density at radius 1 is 1.38 bits per heavy atom. The van der Waals surface area contributed by atoms with Gasteiger partial charge in [0, 0.05) is 17.5 Å². The van der Waals surface area contributed by atoms with Crippen molar-refractivity contribution in [3.05, 3.63) is 34.9 Å². The van der Waals surface area contributed by atoms with E-state index in [1.165, 1.54) is 7.11 Å². The predicted molar refractivity (Wildman–Crippen MR) is 82.8 cm³/mol. The third kappa shape index (κ3) is 6.93. The number of ether oxygens (including phenoxy) is 1. The molecule has 0 spiro atoms. The van der Waals surface area contributed by atoms with Gasteiger partial charge in [0.05, 0.1) is 12.9 Å². The van der Waals surface area contributed by atoms with Crippen LogP contribution in [0.3, 0.4) is 0 Å². The molecule has 1 unspecified atom stereocenters. The van der Waals surface area contributed by atoms with Gasteiger partial charge in [0.1, 0.15) is 0 Å². The number of carbonyl (C=O) groups excluding carboxylic acids is 1. The van der Waals surface area contributed by atoms with Gasteiger partial charge in [-0.05, 0) is 31.4 Å². The van der Waals surface area contributed by atoms with Gasteiger partial charge in [-0.1, -0.05) is 29.8 Å². The molecule has 1 rings (SSSR count). The van der Waals surface area contributed by atoms with Crippen molar-refractivity contribution in [3.63, 3.8) is 0 Å². The van der Waals surface area contributed by atoms with Crippen molar-refractivity contribution in [1.29, 1.82) is 0 Å². The molecular weight excluding hydrogens is 314 g/mol. The Balaban J connectivity index is 2.47. The summed E-state index contributed by atoms with van der Waals surface area (Å²) in [4.78, 5) is 10.9. The minimum atomic E-state index is -3.42. The summed E-state index contributed by atoms with van der Waals surface area (Å²) in [5, 5.41) is 0.620. The van der Waals surface area contributed by atoms with Gasteiger partial charge in [-0.3, -0.25) is 4.79 Å². The van der Waals surface area contributed by atoms with Gasteiger partial charge in [-0.25, -0.2) is 13.1 Å². The number of methoxy groups -OCH3 is 1. The molecule has 0 radical (unpaired) electrons. The van der Waals surface area contributed by atoms with Crippen LogP contribution in [0, 0.1) is 0 Å². The van der Waals surface area contributed by atoms with Crippen LogP contribution in [0.5, 0.6) is 0 Å². The van der Waals surface area contributed by atoms with Crippen LogP contribution >= 0.6 is 11.6 Å². The number of benzene rings is 1. The van der Waals surface area contributed by atoms with Crippen LogP contribution in [-0.2, 0) is 26.0 Å². The Bertz CT molecular complexity index is 574. The van der Waals surface area contributed by atoms with Crippen molar-refractivity contribution in [1.82, 2.24) is 4.72 Å². The first kappa shape index (κ1) is 17.9. The largest absolute Gasteiger partial charge is 0.469 e. The van der Waals surface area contributed by atoms with E-state index in [9.17, 15) is 13.2 Å². The van der Waals surface area contributed by atoms with E-state index in [4.69, 9.17) is 11.6 Å². The Hall–Kier alpha value is -1.11. The summed E-state index contributed by atoms with van der Waals surface area (Å²) in [6, 6.07) is 7.05. The fraction of sp³-hybridized carbons (Fsp3) is 0.500. The normalized spacial score (nSPS) is 12.9. The van der Waals surface area contributed by atoms with Gasteiger partial charge in [0.15, 0.2) is 0 Å². The standard InChI is InChI=1S/C14H20ClNO4S/c1-11(10-12-6-3-4-7-13(12)15)16-21(18,19)9-5-8-14(17)20-2/h3-4,6-7,11,16H,5,8-10H2,1-2H3. The minimum absolute atomic E-state index is 0.0936. The molecule has 5 nitrogen and oxygen atoms in total. The molecule has 118 valence electrons. The SMILES string of the molecule is COC(=O)CCCS(=O)(=O)NC(C)Cc1ccccc1Cl. The van der Waals surface area contributed by atoms with Crippen molar-refractivity contribution in [2.45, 2.75) is 32.2 Å². The molecule has 21 heavy (non-hydrogen) atoms. The lowest BCUT2D eigenvalue weighted by Crippen LogP contribution is -2.35. The molecule has 1 aromatic carbocycles. The second kappa shape index (κ2) is 8.36. The third-order valence-corrected chi connectivity index (χ3v) is 4.84. The molecular formula is C14H20ClNO4S. The van der Waals surface area contributed by atoms with E-state index in [-0.39, 0.29) is 24.6 Å². The number of hydrogen-bond donors (Lipinski definition) is 1. The average Bonchev–Trinajstić information content (AvgIpc) is 2.40. The van der Waals surface area contributed by atoms with E-state index in [1.54, 1.807) is 13.0 Å². The Morgan fingerprint density at radius 3 is 2.67 bits per heavy atom. The van der Waals surface area contributed by atoms with Crippen LogP contribution in [0.2, 0.25) is 5.02 Å². The fourth-order valence-electron chi connectivity index (χ4n) is 1.91. The van der Waals surface area contributed by atoms with E-state index in [0.29, 0.717) is 11.4 Å². The van der Waals surface area contributed by atoms with Crippen LogP contribution in [-0.4, -0.2) is 33.3 Å².